The van der Waals surface area contributed by atoms with Crippen molar-refractivity contribution in [2.24, 2.45) is 5.92 Å². The number of anilines is 1. The topological polar surface area (TPSA) is 38.3 Å². The molecule has 0 aliphatic rings. The molecule has 0 saturated heterocycles. The fourth-order valence-corrected chi connectivity index (χ4v) is 2.43. The molecule has 140 valence electrons. The number of hydrogen-bond acceptors (Lipinski definition) is 2. The summed E-state index contributed by atoms with van der Waals surface area (Å²) in [4.78, 5) is 12.3. The Kier molecular flexibility index (Phi) is 6.66. The zero-order chi connectivity index (χ0) is 19.2. The van der Waals surface area contributed by atoms with E-state index in [1.807, 2.05) is 18.2 Å². The van der Waals surface area contributed by atoms with Gasteiger partial charge in [-0.1, -0.05) is 32.4 Å². The molecular weight excluding hydrogens is 343 g/mol. The molecule has 3 nitrogen and oxygen atoms in total. The Morgan fingerprint density at radius 1 is 1.15 bits per heavy atom. The van der Waals surface area contributed by atoms with Gasteiger partial charge < -0.3 is 10.1 Å². The molecule has 2 aromatic rings. The number of rotatable bonds is 7. The lowest BCUT2D eigenvalue weighted by Gasteiger charge is -2.11. The summed E-state index contributed by atoms with van der Waals surface area (Å²) >= 11 is 0. The van der Waals surface area contributed by atoms with Gasteiger partial charge in [0.25, 0.3) is 5.91 Å². The Hall–Kier alpha value is -2.50. The van der Waals surface area contributed by atoms with Gasteiger partial charge in [0.05, 0.1) is 0 Å². The van der Waals surface area contributed by atoms with E-state index >= 15 is 0 Å². The van der Waals surface area contributed by atoms with E-state index in [0.717, 1.165) is 37.0 Å². The first-order valence-corrected chi connectivity index (χ1v) is 8.53. The zero-order valence-electron chi connectivity index (χ0n) is 14.8. The van der Waals surface area contributed by atoms with Crippen LogP contribution in [0.2, 0.25) is 0 Å². The number of alkyl halides is 3. The molecule has 0 fully saturated rings. The predicted molar refractivity (Wildman–Crippen MR) is 95.3 cm³/mol. The molecule has 1 amide bonds. The lowest BCUT2D eigenvalue weighted by molar-refractivity contribution is -0.274. The number of carbonyl (C=O) groups excluding carboxylic acids is 1. The third-order valence-corrected chi connectivity index (χ3v) is 4.16. The monoisotopic (exact) mass is 365 g/mol. The highest BCUT2D eigenvalue weighted by Gasteiger charge is 2.31. The summed E-state index contributed by atoms with van der Waals surface area (Å²) in [6.07, 6.45) is -1.61. The van der Waals surface area contributed by atoms with Crippen molar-refractivity contribution < 1.29 is 22.7 Å². The van der Waals surface area contributed by atoms with E-state index in [-0.39, 0.29) is 17.2 Å². The van der Waals surface area contributed by atoms with Crippen LogP contribution in [-0.2, 0) is 6.42 Å². The molecule has 0 bridgehead atoms. The molecule has 6 heteroatoms. The standard InChI is InChI=1S/C20H22F3NO2/c1-3-14(2)7-8-15-5-4-6-17(13-15)24-19(25)16-9-11-18(12-10-16)26-20(21,22)23/h4-6,9-14H,3,7-8H2,1-2H3,(H,24,25). The van der Waals surface area contributed by atoms with Crippen LogP contribution in [-0.4, -0.2) is 12.3 Å². The molecule has 0 aliphatic heterocycles. The van der Waals surface area contributed by atoms with Crippen LogP contribution in [0.25, 0.3) is 0 Å². The van der Waals surface area contributed by atoms with Crippen LogP contribution in [0.1, 0.15) is 42.6 Å². The first-order chi connectivity index (χ1) is 12.3. The van der Waals surface area contributed by atoms with E-state index in [0.29, 0.717) is 11.6 Å². The van der Waals surface area contributed by atoms with Crippen LogP contribution in [0.5, 0.6) is 5.75 Å². The van der Waals surface area contributed by atoms with Crippen LogP contribution in [0.15, 0.2) is 48.5 Å². The van der Waals surface area contributed by atoms with Gasteiger partial charge >= 0.3 is 6.36 Å². The van der Waals surface area contributed by atoms with Crippen molar-refractivity contribution in [3.63, 3.8) is 0 Å². The molecule has 0 radical (unpaired) electrons. The van der Waals surface area contributed by atoms with Gasteiger partial charge in [-0.2, -0.15) is 0 Å². The Labute approximate surface area is 151 Å². The third kappa shape index (κ3) is 6.43. The lowest BCUT2D eigenvalue weighted by atomic mass is 9.99. The Bertz CT molecular complexity index is 727. The molecule has 0 spiro atoms. The van der Waals surface area contributed by atoms with E-state index in [1.165, 1.54) is 12.1 Å². The van der Waals surface area contributed by atoms with Gasteiger partial charge in [0.15, 0.2) is 0 Å². The van der Waals surface area contributed by atoms with E-state index in [9.17, 15) is 18.0 Å². The van der Waals surface area contributed by atoms with Crippen LogP contribution < -0.4 is 10.1 Å². The molecule has 0 aromatic heterocycles. The van der Waals surface area contributed by atoms with Gasteiger partial charge in [-0.3, -0.25) is 4.79 Å². The van der Waals surface area contributed by atoms with Crippen LogP contribution in [0.4, 0.5) is 18.9 Å². The van der Waals surface area contributed by atoms with Gasteiger partial charge in [0.1, 0.15) is 5.75 Å². The van der Waals surface area contributed by atoms with Gasteiger partial charge in [-0.05, 0) is 60.7 Å². The van der Waals surface area contributed by atoms with Crippen LogP contribution in [0, 0.1) is 5.92 Å². The van der Waals surface area contributed by atoms with E-state index in [4.69, 9.17) is 0 Å². The first-order valence-electron chi connectivity index (χ1n) is 8.53. The Morgan fingerprint density at radius 2 is 1.85 bits per heavy atom. The fourth-order valence-electron chi connectivity index (χ4n) is 2.43. The molecule has 2 aromatic carbocycles. The molecule has 1 N–H and O–H groups in total. The summed E-state index contributed by atoms with van der Waals surface area (Å²) in [5.41, 5.74) is 2.05. The maximum atomic E-state index is 12.3. The highest BCUT2D eigenvalue weighted by Crippen LogP contribution is 2.23. The summed E-state index contributed by atoms with van der Waals surface area (Å²) in [6, 6.07) is 12.4. The Balaban J connectivity index is 1.99. The first kappa shape index (κ1) is 19.8. The van der Waals surface area contributed by atoms with Crippen molar-refractivity contribution in [3.8, 4) is 5.75 Å². The number of halogens is 3. The number of hydrogen-bond donors (Lipinski definition) is 1. The number of carbonyl (C=O) groups is 1. The molecule has 1 unspecified atom stereocenters. The zero-order valence-corrected chi connectivity index (χ0v) is 14.8. The number of benzene rings is 2. The normalized spacial score (nSPS) is 12.5. The average Bonchev–Trinajstić information content (AvgIpc) is 2.59. The molecule has 1 atom stereocenters. The van der Waals surface area contributed by atoms with Crippen molar-refractivity contribution in [3.05, 3.63) is 59.7 Å². The minimum Gasteiger partial charge on any atom is -0.406 e. The summed E-state index contributed by atoms with van der Waals surface area (Å²) < 4.78 is 40.3. The highest BCUT2D eigenvalue weighted by atomic mass is 19.4. The van der Waals surface area contributed by atoms with Crippen molar-refractivity contribution in [1.29, 1.82) is 0 Å². The fraction of sp³-hybridized carbons (Fsp3) is 0.350. The molecule has 26 heavy (non-hydrogen) atoms. The molecule has 0 aliphatic carbocycles. The highest BCUT2D eigenvalue weighted by molar-refractivity contribution is 6.04. The maximum Gasteiger partial charge on any atom is 0.573 e. The summed E-state index contributed by atoms with van der Waals surface area (Å²) in [7, 11) is 0. The second kappa shape index (κ2) is 8.74. The van der Waals surface area contributed by atoms with Crippen molar-refractivity contribution in [1.82, 2.24) is 0 Å². The maximum absolute atomic E-state index is 12.3. The third-order valence-electron chi connectivity index (χ3n) is 4.16. The number of nitrogens with one attached hydrogen (secondary N) is 1. The SMILES string of the molecule is CCC(C)CCc1cccc(NC(=O)c2ccc(OC(F)(F)F)cc2)c1. The molecule has 0 heterocycles. The smallest absolute Gasteiger partial charge is 0.406 e. The largest absolute Gasteiger partial charge is 0.573 e. The van der Waals surface area contributed by atoms with Crippen LogP contribution >= 0.6 is 0 Å². The minimum absolute atomic E-state index is 0.254. The Morgan fingerprint density at radius 3 is 2.46 bits per heavy atom. The van der Waals surface area contributed by atoms with Gasteiger partial charge in [-0.15, -0.1) is 13.2 Å². The van der Waals surface area contributed by atoms with Crippen molar-refractivity contribution in [2.75, 3.05) is 5.32 Å². The second-order valence-electron chi connectivity index (χ2n) is 6.28. The van der Waals surface area contributed by atoms with Crippen molar-refractivity contribution >= 4 is 11.6 Å². The molecule has 2 rings (SSSR count). The minimum atomic E-state index is -4.75. The van der Waals surface area contributed by atoms with Gasteiger partial charge in [0, 0.05) is 11.3 Å². The number of ether oxygens (including phenoxy) is 1. The summed E-state index contributed by atoms with van der Waals surface area (Å²) in [5.74, 6) is -0.102. The average molecular weight is 365 g/mol. The molecular formula is C20H22F3NO2. The van der Waals surface area contributed by atoms with Crippen molar-refractivity contribution in [2.45, 2.75) is 39.5 Å². The predicted octanol–water partition coefficient (Wildman–Crippen LogP) is 5.82. The number of aryl methyl sites for hydroxylation is 1. The quantitative estimate of drug-likeness (QED) is 0.672. The van der Waals surface area contributed by atoms with Gasteiger partial charge in [-0.25, -0.2) is 0 Å². The molecule has 0 saturated carbocycles. The van der Waals surface area contributed by atoms with E-state index in [1.54, 1.807) is 6.07 Å². The van der Waals surface area contributed by atoms with Gasteiger partial charge in [0.2, 0.25) is 0 Å². The summed E-state index contributed by atoms with van der Waals surface area (Å²) in [5, 5.41) is 2.77. The number of amides is 1. The van der Waals surface area contributed by atoms with Crippen LogP contribution in [0.3, 0.4) is 0 Å². The summed E-state index contributed by atoms with van der Waals surface area (Å²) in [6.45, 7) is 4.37. The van der Waals surface area contributed by atoms with E-state index in [2.05, 4.69) is 23.9 Å². The lowest BCUT2D eigenvalue weighted by Crippen LogP contribution is -2.17. The second-order valence-corrected chi connectivity index (χ2v) is 6.28. The van der Waals surface area contributed by atoms with E-state index < -0.39 is 6.36 Å².